The number of alkyl halides is 1. The van der Waals surface area contributed by atoms with E-state index >= 15 is 0 Å². The number of rotatable bonds is 1. The van der Waals surface area contributed by atoms with Crippen molar-refractivity contribution in [2.45, 2.75) is 0 Å². The van der Waals surface area contributed by atoms with Gasteiger partial charge in [0, 0.05) is 26.9 Å². The fraction of sp³-hybridized carbons (Fsp3) is 1.00. The maximum Gasteiger partial charge on any atom is 0.0566 e. The molecule has 0 unspecified atom stereocenters. The maximum atomic E-state index is 7.74. The first-order valence-electron chi connectivity index (χ1n) is 1.08. The van der Waals surface area contributed by atoms with Gasteiger partial charge in [0.15, 0.2) is 0 Å². The van der Waals surface area contributed by atoms with Crippen molar-refractivity contribution in [3.63, 3.8) is 0 Å². The van der Waals surface area contributed by atoms with Crippen LogP contribution in [0, 0.1) is 0 Å². The second kappa shape index (κ2) is 63.8. The van der Waals surface area contributed by atoms with Crippen molar-refractivity contribution in [1.29, 1.82) is 0 Å². The summed E-state index contributed by atoms with van der Waals surface area (Å²) in [5.74, 6) is 0.347. The Morgan fingerprint density at radius 3 is 1.00 bits per heavy atom. The molecule has 0 atom stereocenters. The Morgan fingerprint density at radius 1 is 0.900 bits per heavy atom. The van der Waals surface area contributed by atoms with Crippen molar-refractivity contribution in [1.82, 2.24) is 0 Å². The molecule has 0 aromatic carbocycles. The van der Waals surface area contributed by atoms with Crippen LogP contribution in [-0.4, -0.2) is 17.6 Å². The molecule has 0 aromatic rings. The van der Waals surface area contributed by atoms with Gasteiger partial charge in [0.1, 0.15) is 0 Å². The van der Waals surface area contributed by atoms with E-state index < -0.39 is 0 Å². The van der Waals surface area contributed by atoms with E-state index in [1.54, 1.807) is 0 Å². The van der Waals surface area contributed by atoms with Crippen molar-refractivity contribution < 1.29 is 88.2 Å². The number of hydrogen-bond acceptors (Lipinski definition) is 1. The topological polar surface area (TPSA) is 20.2 Å². The average Bonchev–Trinajstić information content (AvgIpc) is 1.37. The Morgan fingerprint density at radius 2 is 1.00 bits per heavy atom. The van der Waals surface area contributed by atoms with E-state index in [2.05, 4.69) is 0 Å². The van der Waals surface area contributed by atoms with Crippen LogP contribution >= 0.6 is 11.6 Å². The van der Waals surface area contributed by atoms with Crippen LogP contribution in [0.2, 0.25) is 0 Å². The van der Waals surface area contributed by atoms with E-state index in [0.717, 1.165) is 0 Å². The van der Waals surface area contributed by atoms with Crippen LogP contribution in [0.15, 0.2) is 0 Å². The van der Waals surface area contributed by atoms with Crippen LogP contribution in [0.1, 0.15) is 0 Å². The van der Waals surface area contributed by atoms with Gasteiger partial charge >= 0.3 is 0 Å². The molecule has 0 aliphatic heterocycles. The van der Waals surface area contributed by atoms with E-state index in [9.17, 15) is 0 Å². The summed E-state index contributed by atoms with van der Waals surface area (Å²) in [4.78, 5) is 0. The van der Waals surface area contributed by atoms with Crippen LogP contribution in [0.5, 0.6) is 0 Å². The number of halogens is 6. The molecule has 0 aliphatic rings. The van der Waals surface area contributed by atoms with E-state index in [0.29, 0.717) is 5.88 Å². The number of aliphatic hydroxyl groups is 1. The Labute approximate surface area is 111 Å². The molecule has 0 radical (unpaired) electrons. The molecule has 0 amide bonds. The molecule has 0 heterocycles. The van der Waals surface area contributed by atoms with Crippen LogP contribution < -0.4 is 62.0 Å². The van der Waals surface area contributed by atoms with Gasteiger partial charge < -0.3 is 67.1 Å². The van der Waals surface area contributed by atoms with Gasteiger partial charge in [-0.25, -0.2) is 0 Å². The predicted octanol–water partition coefficient (Wildman–Crippen LogP) is -14.8. The fourth-order valence-electron chi connectivity index (χ4n) is 0. The standard InChI is InChI=1S/C2H5ClO.5ClH.W/c3-1-2-4;;;;;;/h4H,1-2H2;5*1H;/p-5. The smallest absolute Gasteiger partial charge is 0.0566 e. The van der Waals surface area contributed by atoms with Gasteiger partial charge in [-0.1, -0.05) is 0 Å². The monoisotopic (exact) mass is 439 g/mol. The Balaban J connectivity index is -0.00000000300. The normalized spacial score (nSPS) is 3.00. The maximum absolute atomic E-state index is 7.74. The van der Waals surface area contributed by atoms with Gasteiger partial charge in [-0.15, -0.1) is 11.6 Å². The van der Waals surface area contributed by atoms with Crippen LogP contribution in [0.3, 0.4) is 0 Å². The first-order chi connectivity index (χ1) is 1.91. The molecule has 10 heavy (non-hydrogen) atoms. The van der Waals surface area contributed by atoms with E-state index in [-0.39, 0.29) is 89.7 Å². The molecule has 0 aliphatic carbocycles. The minimum absolute atomic E-state index is 0. The molecule has 0 spiro atoms. The summed E-state index contributed by atoms with van der Waals surface area (Å²) >= 11 is 4.94. The average molecular weight is 442 g/mol. The summed E-state index contributed by atoms with van der Waals surface area (Å²) in [6.45, 7) is 0.0849. The summed E-state index contributed by atoms with van der Waals surface area (Å²) in [6.07, 6.45) is 0. The van der Waals surface area contributed by atoms with Gasteiger partial charge in [-0.3, -0.25) is 0 Å². The SMILES string of the molecule is OCCCl.[Cl-].[Cl-].[Cl-].[Cl-].[Cl-].[W]. The molecule has 0 fully saturated rings. The largest absolute Gasteiger partial charge is 1.00 e. The minimum Gasteiger partial charge on any atom is -1.00 e. The van der Waals surface area contributed by atoms with Gasteiger partial charge in [0.2, 0.25) is 0 Å². The molecular weight excluding hydrogens is 437 g/mol. The summed E-state index contributed by atoms with van der Waals surface area (Å²) in [5, 5.41) is 7.74. The van der Waals surface area contributed by atoms with Crippen molar-refractivity contribution >= 4 is 11.6 Å². The molecular formula is C2H5Cl6OW-5. The first kappa shape index (κ1) is 55.3. The van der Waals surface area contributed by atoms with Gasteiger partial charge in [-0.05, 0) is 0 Å². The van der Waals surface area contributed by atoms with Crippen LogP contribution in [0.25, 0.3) is 0 Å². The van der Waals surface area contributed by atoms with Gasteiger partial charge in [0.05, 0.1) is 6.61 Å². The zero-order chi connectivity index (χ0) is 3.41. The molecule has 8 heteroatoms. The van der Waals surface area contributed by atoms with E-state index in [1.807, 2.05) is 0 Å². The number of hydrogen-bond donors (Lipinski definition) is 1. The zero-order valence-corrected chi connectivity index (χ0v) is 12.0. The van der Waals surface area contributed by atoms with Crippen molar-refractivity contribution in [2.24, 2.45) is 0 Å². The van der Waals surface area contributed by atoms with Crippen molar-refractivity contribution in [2.75, 3.05) is 12.5 Å². The molecule has 0 rings (SSSR count). The molecule has 0 aromatic heterocycles. The molecule has 1 nitrogen and oxygen atoms in total. The van der Waals surface area contributed by atoms with Gasteiger partial charge in [0.25, 0.3) is 0 Å². The van der Waals surface area contributed by atoms with E-state index in [1.165, 1.54) is 0 Å². The summed E-state index contributed by atoms with van der Waals surface area (Å²) < 4.78 is 0. The Bertz CT molecular complexity index is 17.7. The third-order valence-corrected chi connectivity index (χ3v) is 0.254. The van der Waals surface area contributed by atoms with Crippen molar-refractivity contribution in [3.8, 4) is 0 Å². The summed E-state index contributed by atoms with van der Waals surface area (Å²) in [6, 6.07) is 0. The van der Waals surface area contributed by atoms with Crippen LogP contribution in [-0.2, 0) is 21.1 Å². The minimum atomic E-state index is 0. The second-order valence-electron chi connectivity index (χ2n) is 0.413. The summed E-state index contributed by atoms with van der Waals surface area (Å²) in [7, 11) is 0. The van der Waals surface area contributed by atoms with E-state index in [4.69, 9.17) is 16.7 Å². The Kier molecular flexibility index (Phi) is 353. The van der Waals surface area contributed by atoms with Gasteiger partial charge in [-0.2, -0.15) is 0 Å². The summed E-state index contributed by atoms with van der Waals surface area (Å²) in [5.41, 5.74) is 0. The molecule has 0 saturated heterocycles. The molecule has 72 valence electrons. The third kappa shape index (κ3) is 79.8. The second-order valence-corrected chi connectivity index (χ2v) is 0.791. The van der Waals surface area contributed by atoms with Crippen LogP contribution in [0.4, 0.5) is 0 Å². The molecule has 1 N–H and O–H groups in total. The molecule has 0 bridgehead atoms. The zero-order valence-electron chi connectivity index (χ0n) is 4.54. The first-order valence-corrected chi connectivity index (χ1v) is 1.62. The third-order valence-electron chi connectivity index (χ3n) is 0.0845. The fourth-order valence-corrected chi connectivity index (χ4v) is 0. The quantitative estimate of drug-likeness (QED) is 0.401. The Hall–Kier alpha value is 2.39. The number of aliphatic hydroxyl groups excluding tert-OH is 1. The van der Waals surface area contributed by atoms with Crippen molar-refractivity contribution in [3.05, 3.63) is 0 Å². The predicted molar refractivity (Wildman–Crippen MR) is 17.8 cm³/mol. The molecule has 0 saturated carbocycles.